The van der Waals surface area contributed by atoms with E-state index in [4.69, 9.17) is 0 Å². The number of nitrogens with one attached hydrogen (secondary N) is 2. The van der Waals surface area contributed by atoms with E-state index in [1.807, 2.05) is 0 Å². The van der Waals surface area contributed by atoms with E-state index in [1.165, 1.54) is 19.3 Å². The Morgan fingerprint density at radius 1 is 1.33 bits per heavy atom. The number of aromatic amines is 1. The summed E-state index contributed by atoms with van der Waals surface area (Å²) in [7, 11) is 0. The topological polar surface area (TPSA) is 78.1 Å². The molecular weight excluding hydrogens is 304 g/mol. The van der Waals surface area contributed by atoms with Crippen LogP contribution in [0.25, 0.3) is 10.8 Å². The molecule has 1 saturated heterocycles. The van der Waals surface area contributed by atoms with Crippen molar-refractivity contribution < 1.29 is 4.79 Å². The van der Waals surface area contributed by atoms with E-state index in [0.29, 0.717) is 23.4 Å². The second-order valence-corrected chi connectivity index (χ2v) is 6.44. The lowest BCUT2D eigenvalue weighted by Gasteiger charge is -2.33. The molecule has 2 heterocycles. The molecule has 1 fully saturated rings. The summed E-state index contributed by atoms with van der Waals surface area (Å²) in [6.07, 6.45) is 4.76. The summed E-state index contributed by atoms with van der Waals surface area (Å²) >= 11 is 0. The molecule has 6 heteroatoms. The van der Waals surface area contributed by atoms with Gasteiger partial charge in [0.1, 0.15) is 0 Å². The molecular formula is C18H24N4O2. The van der Waals surface area contributed by atoms with Crippen molar-refractivity contribution in [2.45, 2.75) is 38.6 Å². The summed E-state index contributed by atoms with van der Waals surface area (Å²) in [5, 5.41) is 10.3. The highest BCUT2D eigenvalue weighted by atomic mass is 16.2. The maximum atomic E-state index is 12.4. The number of nitrogens with zero attached hydrogens (tertiary/aromatic N) is 2. The lowest BCUT2D eigenvalue weighted by Crippen LogP contribution is -2.39. The van der Waals surface area contributed by atoms with Gasteiger partial charge >= 0.3 is 0 Å². The number of H-pyrrole nitrogens is 1. The van der Waals surface area contributed by atoms with Crippen molar-refractivity contribution in [1.29, 1.82) is 0 Å². The van der Waals surface area contributed by atoms with Crippen LogP contribution in [0, 0.1) is 0 Å². The fourth-order valence-electron chi connectivity index (χ4n) is 3.35. The number of amides is 1. The molecule has 0 aliphatic carbocycles. The Morgan fingerprint density at radius 2 is 2.12 bits per heavy atom. The highest BCUT2D eigenvalue weighted by Crippen LogP contribution is 2.16. The van der Waals surface area contributed by atoms with Crippen LogP contribution in [0.15, 0.2) is 29.1 Å². The van der Waals surface area contributed by atoms with Gasteiger partial charge in [-0.1, -0.05) is 24.6 Å². The average molecular weight is 328 g/mol. The molecule has 2 aromatic rings. The monoisotopic (exact) mass is 328 g/mol. The molecule has 128 valence electrons. The molecule has 24 heavy (non-hydrogen) atoms. The third-order valence-electron chi connectivity index (χ3n) is 4.76. The summed E-state index contributed by atoms with van der Waals surface area (Å²) in [5.74, 6) is -0.242. The predicted octanol–water partition coefficient (Wildman–Crippen LogP) is 1.92. The van der Waals surface area contributed by atoms with Gasteiger partial charge in [-0.2, -0.15) is 5.10 Å². The van der Waals surface area contributed by atoms with Gasteiger partial charge in [0.15, 0.2) is 5.69 Å². The Hall–Kier alpha value is -2.21. The van der Waals surface area contributed by atoms with Crippen molar-refractivity contribution >= 4 is 16.7 Å². The van der Waals surface area contributed by atoms with E-state index in [2.05, 4.69) is 27.3 Å². The first-order chi connectivity index (χ1) is 11.7. The molecule has 0 radical (unpaired) electrons. The van der Waals surface area contributed by atoms with E-state index >= 15 is 0 Å². The molecule has 2 N–H and O–H groups in total. The maximum Gasteiger partial charge on any atom is 0.272 e. The summed E-state index contributed by atoms with van der Waals surface area (Å²) in [5.41, 5.74) is -0.00206. The number of carbonyl (C=O) groups is 1. The van der Waals surface area contributed by atoms with Crippen molar-refractivity contribution in [3.8, 4) is 0 Å². The molecule has 0 spiro atoms. The first kappa shape index (κ1) is 16.6. The van der Waals surface area contributed by atoms with Gasteiger partial charge in [-0.05, 0) is 38.8 Å². The van der Waals surface area contributed by atoms with E-state index in [-0.39, 0.29) is 17.2 Å². The molecule has 1 aliphatic heterocycles. The molecule has 1 aliphatic rings. The van der Waals surface area contributed by atoms with Crippen LogP contribution in [0.5, 0.6) is 0 Å². The molecule has 1 atom stereocenters. The Balaban J connectivity index is 1.58. The maximum absolute atomic E-state index is 12.4. The van der Waals surface area contributed by atoms with Gasteiger partial charge in [0.05, 0.1) is 5.39 Å². The second-order valence-electron chi connectivity index (χ2n) is 6.44. The number of hydrogen-bond donors (Lipinski definition) is 2. The number of fused-ring (bicyclic) bond motifs is 1. The molecule has 0 bridgehead atoms. The zero-order valence-corrected chi connectivity index (χ0v) is 14.0. The number of carbonyl (C=O) groups excluding carboxylic acids is 1. The zero-order valence-electron chi connectivity index (χ0n) is 14.0. The van der Waals surface area contributed by atoms with Crippen LogP contribution in [-0.4, -0.2) is 46.7 Å². The first-order valence-corrected chi connectivity index (χ1v) is 8.66. The van der Waals surface area contributed by atoms with Crippen molar-refractivity contribution in [2.24, 2.45) is 0 Å². The van der Waals surface area contributed by atoms with Gasteiger partial charge < -0.3 is 10.2 Å². The van der Waals surface area contributed by atoms with Gasteiger partial charge in [-0.3, -0.25) is 9.59 Å². The third-order valence-corrected chi connectivity index (χ3v) is 4.76. The first-order valence-electron chi connectivity index (χ1n) is 8.66. The number of piperidine rings is 1. The average Bonchev–Trinajstić information content (AvgIpc) is 2.60. The van der Waals surface area contributed by atoms with Gasteiger partial charge in [0, 0.05) is 24.5 Å². The smallest absolute Gasteiger partial charge is 0.272 e. The fourth-order valence-corrected chi connectivity index (χ4v) is 3.35. The number of hydrogen-bond acceptors (Lipinski definition) is 4. The minimum absolute atomic E-state index is 0.242. The van der Waals surface area contributed by atoms with Gasteiger partial charge in [0.2, 0.25) is 0 Å². The Bertz CT molecular complexity index is 771. The Kier molecular flexibility index (Phi) is 5.25. The van der Waals surface area contributed by atoms with Crippen LogP contribution in [-0.2, 0) is 0 Å². The van der Waals surface area contributed by atoms with Gasteiger partial charge in [-0.25, -0.2) is 5.10 Å². The Morgan fingerprint density at radius 3 is 2.92 bits per heavy atom. The normalized spacial score (nSPS) is 18.6. The van der Waals surface area contributed by atoms with E-state index < -0.39 is 0 Å². The van der Waals surface area contributed by atoms with Crippen molar-refractivity contribution in [1.82, 2.24) is 20.4 Å². The number of likely N-dealkylation sites (tertiary alicyclic amines) is 1. The van der Waals surface area contributed by atoms with Gasteiger partial charge in [0.25, 0.3) is 11.5 Å². The molecule has 1 unspecified atom stereocenters. The van der Waals surface area contributed by atoms with Crippen LogP contribution in [0.3, 0.4) is 0 Å². The largest absolute Gasteiger partial charge is 0.351 e. The predicted molar refractivity (Wildman–Crippen MR) is 94.2 cm³/mol. The minimum Gasteiger partial charge on any atom is -0.351 e. The van der Waals surface area contributed by atoms with Crippen LogP contribution < -0.4 is 10.9 Å². The third kappa shape index (κ3) is 3.64. The second kappa shape index (κ2) is 7.57. The summed E-state index contributed by atoms with van der Waals surface area (Å²) < 4.78 is 0. The van der Waals surface area contributed by atoms with Crippen LogP contribution in [0.1, 0.15) is 43.1 Å². The van der Waals surface area contributed by atoms with Crippen LogP contribution in [0.2, 0.25) is 0 Å². The highest BCUT2D eigenvalue weighted by Gasteiger charge is 2.18. The summed E-state index contributed by atoms with van der Waals surface area (Å²) in [4.78, 5) is 26.6. The fraction of sp³-hybridized carbons (Fsp3) is 0.500. The molecule has 0 saturated carbocycles. The Labute approximate surface area is 141 Å². The van der Waals surface area contributed by atoms with Crippen molar-refractivity contribution in [2.75, 3.05) is 19.6 Å². The molecule has 1 aromatic carbocycles. The highest BCUT2D eigenvalue weighted by molar-refractivity contribution is 6.04. The number of benzene rings is 1. The number of rotatable bonds is 5. The van der Waals surface area contributed by atoms with Crippen LogP contribution >= 0.6 is 0 Å². The van der Waals surface area contributed by atoms with Gasteiger partial charge in [-0.15, -0.1) is 0 Å². The van der Waals surface area contributed by atoms with Crippen LogP contribution in [0.4, 0.5) is 0 Å². The SMILES string of the molecule is CC1CCCCN1CCCNC(=O)c1n[nH]c(=O)c2ccccc12. The molecule has 3 rings (SSSR count). The van der Waals surface area contributed by atoms with E-state index in [0.717, 1.165) is 19.5 Å². The lowest BCUT2D eigenvalue weighted by molar-refractivity contribution is 0.0944. The number of aromatic nitrogens is 2. The van der Waals surface area contributed by atoms with Crippen molar-refractivity contribution in [3.05, 3.63) is 40.3 Å². The van der Waals surface area contributed by atoms with Crippen molar-refractivity contribution in [3.63, 3.8) is 0 Å². The minimum atomic E-state index is -0.277. The summed E-state index contributed by atoms with van der Waals surface area (Å²) in [6.45, 7) is 5.04. The quantitative estimate of drug-likeness (QED) is 0.822. The molecule has 1 aromatic heterocycles. The molecule has 6 nitrogen and oxygen atoms in total. The van der Waals surface area contributed by atoms with E-state index in [9.17, 15) is 9.59 Å². The standard InChI is InChI=1S/C18H24N4O2/c1-13-7-4-5-11-22(13)12-6-10-19-18(24)16-14-8-2-3-9-15(14)17(23)21-20-16/h2-3,8-9,13H,4-7,10-12H2,1H3,(H,19,24)(H,21,23). The zero-order chi connectivity index (χ0) is 16.9. The lowest BCUT2D eigenvalue weighted by atomic mass is 10.0. The summed E-state index contributed by atoms with van der Waals surface area (Å²) in [6, 6.07) is 7.67. The van der Waals surface area contributed by atoms with E-state index in [1.54, 1.807) is 24.3 Å². The molecule has 1 amide bonds.